The number of nitrogens with zero attached hydrogens (tertiary/aromatic N) is 2. The Morgan fingerprint density at radius 3 is 1.68 bits per heavy atom. The molecule has 2 aromatic rings. The van der Waals surface area contributed by atoms with Crippen molar-refractivity contribution in [1.29, 1.82) is 0 Å². The molecular weight excluding hydrogens is 460 g/mol. The molecule has 1 heterocycles. The van der Waals surface area contributed by atoms with Gasteiger partial charge in [-0.3, -0.25) is 0 Å². The van der Waals surface area contributed by atoms with Gasteiger partial charge >= 0.3 is 0 Å². The van der Waals surface area contributed by atoms with Gasteiger partial charge < -0.3 is 9.80 Å². The van der Waals surface area contributed by atoms with Crippen LogP contribution < -0.4 is 0 Å². The van der Waals surface area contributed by atoms with Crippen molar-refractivity contribution in [2.24, 2.45) is 0 Å². The largest absolute Gasteiger partial charge is 0.353 e. The summed E-state index contributed by atoms with van der Waals surface area (Å²) in [6.45, 7) is 10.5. The molecule has 38 heavy (non-hydrogen) atoms. The van der Waals surface area contributed by atoms with Crippen molar-refractivity contribution >= 4 is 0 Å². The van der Waals surface area contributed by atoms with Crippen LogP contribution in [-0.4, -0.2) is 28.0 Å². The standard InChI is InChI=1S/C36H56N2/c1-5-7-8-9-10-11-12-13-14-15-16-23-28-37-29-30-38(32(3)4)36(37,31-33-24-19-17-20-25-33)35(6-2)34-26-21-18-22-27-34/h17-22,24-27,29-30,32,35H,5-16,23,28,31H2,1-4H3. The highest BCUT2D eigenvalue weighted by Gasteiger charge is 2.50. The SMILES string of the molecule is CCCCCCCCCCCCCCN1C=CN(C(C)C)C1(Cc1ccccc1)C(CC)c1ccccc1. The Balaban J connectivity index is 1.64. The molecule has 1 aliphatic heterocycles. The minimum atomic E-state index is -0.0800. The van der Waals surface area contributed by atoms with Crippen LogP contribution in [0, 0.1) is 0 Å². The molecule has 2 unspecified atom stereocenters. The van der Waals surface area contributed by atoms with Crippen LogP contribution in [0.15, 0.2) is 73.1 Å². The molecule has 0 fully saturated rings. The molecule has 2 heteroatoms. The summed E-state index contributed by atoms with van der Waals surface area (Å²) in [5.74, 6) is 0.429. The fourth-order valence-corrected chi connectivity index (χ4v) is 6.68. The van der Waals surface area contributed by atoms with Gasteiger partial charge in [0.25, 0.3) is 0 Å². The van der Waals surface area contributed by atoms with Crippen molar-refractivity contribution in [3.05, 3.63) is 84.2 Å². The van der Waals surface area contributed by atoms with Crippen LogP contribution in [0.5, 0.6) is 0 Å². The fraction of sp³-hybridized carbons (Fsp3) is 0.611. The Kier molecular flexibility index (Phi) is 13.3. The zero-order chi connectivity index (χ0) is 27.1. The van der Waals surface area contributed by atoms with Crippen LogP contribution >= 0.6 is 0 Å². The lowest BCUT2D eigenvalue weighted by molar-refractivity contribution is -0.0191. The van der Waals surface area contributed by atoms with Crippen LogP contribution in [0.2, 0.25) is 0 Å². The minimum Gasteiger partial charge on any atom is -0.353 e. The van der Waals surface area contributed by atoms with Gasteiger partial charge in [0, 0.05) is 37.3 Å². The summed E-state index contributed by atoms with van der Waals surface area (Å²) in [6, 6.07) is 22.9. The van der Waals surface area contributed by atoms with Gasteiger partial charge in [-0.05, 0) is 37.8 Å². The van der Waals surface area contributed by atoms with E-state index in [1.807, 2.05) is 0 Å². The van der Waals surface area contributed by atoms with Crippen LogP contribution in [0.25, 0.3) is 0 Å². The maximum atomic E-state index is 2.72. The van der Waals surface area contributed by atoms with Crippen molar-refractivity contribution in [3.63, 3.8) is 0 Å². The molecular formula is C36H56N2. The maximum Gasteiger partial charge on any atom is 0.123 e. The third-order valence-electron chi connectivity index (χ3n) is 8.64. The first-order valence-electron chi connectivity index (χ1n) is 16.0. The summed E-state index contributed by atoms with van der Waals surface area (Å²) in [7, 11) is 0. The summed E-state index contributed by atoms with van der Waals surface area (Å²) in [4.78, 5) is 5.39. The first-order chi connectivity index (χ1) is 18.6. The van der Waals surface area contributed by atoms with Gasteiger partial charge in [-0.1, -0.05) is 145 Å². The molecule has 1 aliphatic rings. The van der Waals surface area contributed by atoms with E-state index in [2.05, 4.69) is 111 Å². The number of hydrogen-bond acceptors (Lipinski definition) is 2. The second-order valence-electron chi connectivity index (χ2n) is 11.8. The molecule has 0 amide bonds. The van der Waals surface area contributed by atoms with E-state index in [9.17, 15) is 0 Å². The summed E-state index contributed by atoms with van der Waals surface area (Å²) in [5.41, 5.74) is 2.81. The molecule has 0 bridgehead atoms. The predicted octanol–water partition coefficient (Wildman–Crippen LogP) is 10.3. The van der Waals surface area contributed by atoms with Gasteiger partial charge in [0.2, 0.25) is 0 Å². The quantitative estimate of drug-likeness (QED) is 0.171. The maximum absolute atomic E-state index is 2.72. The van der Waals surface area contributed by atoms with E-state index in [1.165, 1.54) is 88.2 Å². The first-order valence-corrected chi connectivity index (χ1v) is 16.0. The van der Waals surface area contributed by atoms with Gasteiger partial charge in [0.15, 0.2) is 0 Å². The smallest absolute Gasteiger partial charge is 0.123 e. The monoisotopic (exact) mass is 516 g/mol. The van der Waals surface area contributed by atoms with Crippen LogP contribution in [-0.2, 0) is 6.42 Å². The normalized spacial score (nSPS) is 18.0. The second-order valence-corrected chi connectivity index (χ2v) is 11.8. The number of unbranched alkanes of at least 4 members (excludes halogenated alkanes) is 11. The Hall–Kier alpha value is -2.22. The van der Waals surface area contributed by atoms with Crippen molar-refractivity contribution in [2.45, 2.75) is 135 Å². The van der Waals surface area contributed by atoms with Crippen molar-refractivity contribution in [1.82, 2.24) is 9.80 Å². The van der Waals surface area contributed by atoms with Crippen molar-refractivity contribution < 1.29 is 0 Å². The van der Waals surface area contributed by atoms with Crippen LogP contribution in [0.3, 0.4) is 0 Å². The molecule has 2 nitrogen and oxygen atoms in total. The molecule has 0 saturated heterocycles. The third kappa shape index (κ3) is 8.39. The summed E-state index contributed by atoms with van der Waals surface area (Å²) in [6.07, 6.45) is 23.7. The van der Waals surface area contributed by atoms with E-state index >= 15 is 0 Å². The topological polar surface area (TPSA) is 6.48 Å². The lowest BCUT2D eigenvalue weighted by Crippen LogP contribution is -2.60. The second kappa shape index (κ2) is 16.7. The summed E-state index contributed by atoms with van der Waals surface area (Å²) < 4.78 is 0. The third-order valence-corrected chi connectivity index (χ3v) is 8.64. The predicted molar refractivity (Wildman–Crippen MR) is 166 cm³/mol. The fourth-order valence-electron chi connectivity index (χ4n) is 6.68. The van der Waals surface area contributed by atoms with E-state index in [1.54, 1.807) is 0 Å². The molecule has 0 saturated carbocycles. The Labute approximate surface area is 235 Å². The average molecular weight is 517 g/mol. The highest BCUT2D eigenvalue weighted by Crippen LogP contribution is 2.46. The molecule has 0 aliphatic carbocycles. The molecule has 3 rings (SSSR count). The van der Waals surface area contributed by atoms with Gasteiger partial charge in [-0.25, -0.2) is 0 Å². The molecule has 2 aromatic carbocycles. The Morgan fingerprint density at radius 2 is 1.16 bits per heavy atom. The molecule has 2 atom stereocenters. The van der Waals surface area contributed by atoms with Gasteiger partial charge in [-0.2, -0.15) is 0 Å². The van der Waals surface area contributed by atoms with Crippen LogP contribution in [0.4, 0.5) is 0 Å². The Morgan fingerprint density at radius 1 is 0.632 bits per heavy atom. The lowest BCUT2D eigenvalue weighted by Gasteiger charge is -2.53. The van der Waals surface area contributed by atoms with Gasteiger partial charge in [0.05, 0.1) is 0 Å². The molecule has 0 radical (unpaired) electrons. The summed E-state index contributed by atoms with van der Waals surface area (Å²) in [5, 5.41) is 0. The van der Waals surface area contributed by atoms with E-state index in [0.717, 1.165) is 19.4 Å². The minimum absolute atomic E-state index is 0.0800. The molecule has 0 N–H and O–H groups in total. The van der Waals surface area contributed by atoms with E-state index in [4.69, 9.17) is 0 Å². The molecule has 210 valence electrons. The molecule has 0 spiro atoms. The first kappa shape index (κ1) is 30.3. The number of hydrogen-bond donors (Lipinski definition) is 0. The van der Waals surface area contributed by atoms with E-state index in [0.29, 0.717) is 12.0 Å². The van der Waals surface area contributed by atoms with E-state index < -0.39 is 0 Å². The van der Waals surface area contributed by atoms with Crippen LogP contribution in [0.1, 0.15) is 128 Å². The summed E-state index contributed by atoms with van der Waals surface area (Å²) >= 11 is 0. The number of rotatable bonds is 19. The van der Waals surface area contributed by atoms with Crippen molar-refractivity contribution in [3.8, 4) is 0 Å². The molecule has 0 aromatic heterocycles. The van der Waals surface area contributed by atoms with Gasteiger partial charge in [0.1, 0.15) is 5.66 Å². The highest BCUT2D eigenvalue weighted by atomic mass is 15.4. The zero-order valence-corrected chi connectivity index (χ0v) is 25.1. The Bertz CT molecular complexity index is 890. The van der Waals surface area contributed by atoms with E-state index in [-0.39, 0.29) is 5.66 Å². The average Bonchev–Trinajstić information content (AvgIpc) is 3.29. The van der Waals surface area contributed by atoms with Gasteiger partial charge in [-0.15, -0.1) is 0 Å². The highest BCUT2D eigenvalue weighted by molar-refractivity contribution is 5.30. The number of benzene rings is 2. The zero-order valence-electron chi connectivity index (χ0n) is 25.1. The van der Waals surface area contributed by atoms with Crippen molar-refractivity contribution in [2.75, 3.05) is 6.54 Å². The lowest BCUT2D eigenvalue weighted by atomic mass is 9.77.